The molecule has 0 spiro atoms. The van der Waals surface area contributed by atoms with Crippen molar-refractivity contribution in [2.45, 2.75) is 38.6 Å². The van der Waals surface area contributed by atoms with Crippen LogP contribution in [0.15, 0.2) is 0 Å². The Hall–Kier alpha value is -1.39. The number of esters is 1. The molecule has 0 aromatic carbocycles. The Kier molecular flexibility index (Phi) is 4.46. The average Bonchev–Trinajstić information content (AvgIpc) is 2.61. The van der Waals surface area contributed by atoms with Crippen LogP contribution in [0.5, 0.6) is 0 Å². The fraction of sp³-hybridized carbons (Fsp3) is 0.727. The Bertz CT molecular complexity index is 300. The molecule has 1 fully saturated rings. The van der Waals surface area contributed by atoms with Gasteiger partial charge in [-0.3, -0.25) is 9.59 Å². The molecule has 1 aliphatic rings. The Morgan fingerprint density at radius 3 is 2.69 bits per heavy atom. The molecule has 5 heteroatoms. The molecule has 1 aliphatic carbocycles. The summed E-state index contributed by atoms with van der Waals surface area (Å²) in [5.74, 6) is -0.717. The third-order valence-corrected chi connectivity index (χ3v) is 2.81. The SMILES string of the molecule is COC(=O)[C@@H](C[C@@H]1CCCC1=O)NC(C)=O. The highest BCUT2D eigenvalue weighted by Gasteiger charge is 2.31. The number of carbonyl (C=O) groups is 3. The van der Waals surface area contributed by atoms with Crippen LogP contribution in [-0.4, -0.2) is 30.8 Å². The van der Waals surface area contributed by atoms with Gasteiger partial charge in [-0.25, -0.2) is 4.79 Å². The topological polar surface area (TPSA) is 72.5 Å². The first-order valence-corrected chi connectivity index (χ1v) is 5.42. The lowest BCUT2D eigenvalue weighted by atomic mass is 9.97. The summed E-state index contributed by atoms with van der Waals surface area (Å²) in [7, 11) is 1.27. The number of hydrogen-bond donors (Lipinski definition) is 1. The fourth-order valence-electron chi connectivity index (χ4n) is 2.02. The van der Waals surface area contributed by atoms with Crippen LogP contribution >= 0.6 is 0 Å². The largest absolute Gasteiger partial charge is 0.467 e. The van der Waals surface area contributed by atoms with Crippen LogP contribution in [0.3, 0.4) is 0 Å². The maximum Gasteiger partial charge on any atom is 0.328 e. The number of amides is 1. The molecule has 0 saturated heterocycles. The first kappa shape index (κ1) is 12.7. The molecule has 1 amide bonds. The molecule has 2 atom stereocenters. The monoisotopic (exact) mass is 227 g/mol. The normalized spacial score (nSPS) is 21.6. The molecule has 0 unspecified atom stereocenters. The Morgan fingerprint density at radius 1 is 1.56 bits per heavy atom. The lowest BCUT2D eigenvalue weighted by Crippen LogP contribution is -2.42. The summed E-state index contributed by atoms with van der Waals surface area (Å²) in [5, 5.41) is 2.51. The number of rotatable bonds is 4. The van der Waals surface area contributed by atoms with Crippen molar-refractivity contribution in [2.75, 3.05) is 7.11 Å². The van der Waals surface area contributed by atoms with E-state index in [4.69, 9.17) is 0 Å². The highest BCUT2D eigenvalue weighted by molar-refractivity contribution is 5.86. The van der Waals surface area contributed by atoms with E-state index in [-0.39, 0.29) is 17.6 Å². The highest BCUT2D eigenvalue weighted by Crippen LogP contribution is 2.25. The third-order valence-electron chi connectivity index (χ3n) is 2.81. The number of nitrogens with one attached hydrogen (secondary N) is 1. The van der Waals surface area contributed by atoms with Crippen LogP contribution in [0, 0.1) is 5.92 Å². The van der Waals surface area contributed by atoms with Crippen molar-refractivity contribution in [1.82, 2.24) is 5.32 Å². The van der Waals surface area contributed by atoms with Crippen molar-refractivity contribution in [3.8, 4) is 0 Å². The van der Waals surface area contributed by atoms with E-state index in [1.807, 2.05) is 0 Å². The fourth-order valence-corrected chi connectivity index (χ4v) is 2.02. The van der Waals surface area contributed by atoms with Gasteiger partial charge in [-0.2, -0.15) is 0 Å². The zero-order valence-electron chi connectivity index (χ0n) is 9.62. The lowest BCUT2D eigenvalue weighted by Gasteiger charge is -2.18. The smallest absolute Gasteiger partial charge is 0.328 e. The summed E-state index contributed by atoms with van der Waals surface area (Å²) in [6, 6.07) is -0.699. The van der Waals surface area contributed by atoms with Crippen molar-refractivity contribution in [1.29, 1.82) is 0 Å². The van der Waals surface area contributed by atoms with E-state index in [1.165, 1.54) is 14.0 Å². The molecule has 0 radical (unpaired) electrons. The summed E-state index contributed by atoms with van der Waals surface area (Å²) in [6.45, 7) is 1.34. The minimum absolute atomic E-state index is 0.115. The predicted octanol–water partition coefficient (Wildman–Crippen LogP) is 0.423. The van der Waals surface area contributed by atoms with Gasteiger partial charge < -0.3 is 10.1 Å². The Labute approximate surface area is 94.5 Å². The van der Waals surface area contributed by atoms with Crippen LogP contribution in [-0.2, 0) is 19.1 Å². The van der Waals surface area contributed by atoms with Crippen LogP contribution in [0.25, 0.3) is 0 Å². The first-order chi connectivity index (χ1) is 7.54. The summed E-state index contributed by atoms with van der Waals surface area (Å²) in [4.78, 5) is 33.8. The second-order valence-corrected chi connectivity index (χ2v) is 4.07. The number of methoxy groups -OCH3 is 1. The van der Waals surface area contributed by atoms with Crippen molar-refractivity contribution in [2.24, 2.45) is 5.92 Å². The van der Waals surface area contributed by atoms with Crippen molar-refractivity contribution < 1.29 is 19.1 Å². The molecular formula is C11H17NO4. The van der Waals surface area contributed by atoms with Crippen LogP contribution in [0.1, 0.15) is 32.6 Å². The van der Waals surface area contributed by atoms with Crippen LogP contribution in [0.2, 0.25) is 0 Å². The van der Waals surface area contributed by atoms with Crippen molar-refractivity contribution in [3.63, 3.8) is 0 Å². The van der Waals surface area contributed by atoms with Gasteiger partial charge in [0.15, 0.2) is 0 Å². The van der Waals surface area contributed by atoms with E-state index in [0.29, 0.717) is 12.8 Å². The molecule has 0 aliphatic heterocycles. The highest BCUT2D eigenvalue weighted by atomic mass is 16.5. The molecule has 1 rings (SSSR count). The zero-order chi connectivity index (χ0) is 12.1. The van der Waals surface area contributed by atoms with Gasteiger partial charge in [-0.1, -0.05) is 0 Å². The predicted molar refractivity (Wildman–Crippen MR) is 56.6 cm³/mol. The van der Waals surface area contributed by atoms with Gasteiger partial charge in [0, 0.05) is 19.3 Å². The van der Waals surface area contributed by atoms with Gasteiger partial charge in [0.2, 0.25) is 5.91 Å². The summed E-state index contributed by atoms with van der Waals surface area (Å²) in [5.41, 5.74) is 0. The average molecular weight is 227 g/mol. The first-order valence-electron chi connectivity index (χ1n) is 5.42. The maximum absolute atomic E-state index is 11.4. The molecule has 0 bridgehead atoms. The summed E-state index contributed by atoms with van der Waals surface area (Å²) >= 11 is 0. The van der Waals surface area contributed by atoms with Crippen LogP contribution < -0.4 is 5.32 Å². The maximum atomic E-state index is 11.4. The number of hydrogen-bond acceptors (Lipinski definition) is 4. The summed E-state index contributed by atoms with van der Waals surface area (Å²) < 4.78 is 4.59. The number of ether oxygens (including phenoxy) is 1. The molecule has 5 nitrogen and oxygen atoms in total. The minimum Gasteiger partial charge on any atom is -0.467 e. The van der Waals surface area contributed by atoms with E-state index in [2.05, 4.69) is 10.1 Å². The van der Waals surface area contributed by atoms with E-state index in [9.17, 15) is 14.4 Å². The molecular weight excluding hydrogens is 210 g/mol. The number of ketones is 1. The van der Waals surface area contributed by atoms with E-state index >= 15 is 0 Å². The van der Waals surface area contributed by atoms with Gasteiger partial charge in [0.05, 0.1) is 7.11 Å². The van der Waals surface area contributed by atoms with Gasteiger partial charge in [0.25, 0.3) is 0 Å². The minimum atomic E-state index is -0.699. The lowest BCUT2D eigenvalue weighted by molar-refractivity contribution is -0.145. The third kappa shape index (κ3) is 3.32. The Balaban J connectivity index is 2.58. The van der Waals surface area contributed by atoms with E-state index in [0.717, 1.165) is 12.8 Å². The Morgan fingerprint density at radius 2 is 2.25 bits per heavy atom. The second-order valence-electron chi connectivity index (χ2n) is 4.07. The van der Waals surface area contributed by atoms with E-state index in [1.54, 1.807) is 0 Å². The van der Waals surface area contributed by atoms with Gasteiger partial charge in [-0.05, 0) is 19.3 Å². The molecule has 90 valence electrons. The van der Waals surface area contributed by atoms with Gasteiger partial charge in [-0.15, -0.1) is 0 Å². The standard InChI is InChI=1S/C11H17NO4/c1-7(13)12-9(11(15)16-2)6-8-4-3-5-10(8)14/h8-9H,3-6H2,1-2H3,(H,12,13)/t8-,9+/m0/s1. The molecule has 0 aromatic rings. The molecule has 16 heavy (non-hydrogen) atoms. The molecule has 1 N–H and O–H groups in total. The van der Waals surface area contributed by atoms with Crippen molar-refractivity contribution in [3.05, 3.63) is 0 Å². The molecule has 1 saturated carbocycles. The molecule has 0 aromatic heterocycles. The molecule has 0 heterocycles. The van der Waals surface area contributed by atoms with Crippen molar-refractivity contribution >= 4 is 17.7 Å². The van der Waals surface area contributed by atoms with Gasteiger partial charge in [0.1, 0.15) is 11.8 Å². The van der Waals surface area contributed by atoms with Gasteiger partial charge >= 0.3 is 5.97 Å². The quantitative estimate of drug-likeness (QED) is 0.707. The number of carbonyl (C=O) groups excluding carboxylic acids is 3. The summed E-state index contributed by atoms with van der Waals surface area (Å²) in [6.07, 6.45) is 2.60. The second kappa shape index (κ2) is 5.63. The zero-order valence-corrected chi connectivity index (χ0v) is 9.62. The van der Waals surface area contributed by atoms with Crippen LogP contribution in [0.4, 0.5) is 0 Å². The number of Topliss-reactive ketones (excluding diaryl/α,β-unsaturated/α-hetero) is 1. The van der Waals surface area contributed by atoms with E-state index < -0.39 is 12.0 Å².